The van der Waals surface area contributed by atoms with E-state index in [2.05, 4.69) is 54.3 Å². The van der Waals surface area contributed by atoms with E-state index in [4.69, 9.17) is 4.74 Å². The number of nitrogens with zero attached hydrogens (tertiary/aromatic N) is 1. The van der Waals surface area contributed by atoms with Crippen molar-refractivity contribution in [3.8, 4) is 0 Å². The summed E-state index contributed by atoms with van der Waals surface area (Å²) in [5.41, 5.74) is 5.37. The number of esters is 1. The third-order valence-electron chi connectivity index (χ3n) is 7.28. The maximum atomic E-state index is 12.3. The minimum Gasteiger partial charge on any atom is -0.465 e. The fraction of sp³-hybridized carbons (Fsp3) is 0.607. The van der Waals surface area contributed by atoms with E-state index in [0.717, 1.165) is 25.8 Å². The summed E-state index contributed by atoms with van der Waals surface area (Å²) in [5.74, 6) is 0.226. The number of rotatable bonds is 12. The van der Waals surface area contributed by atoms with Crippen molar-refractivity contribution >= 4 is 22.4 Å². The number of H-pyrrole nitrogens is 1. The van der Waals surface area contributed by atoms with Gasteiger partial charge in [0, 0.05) is 42.0 Å². The van der Waals surface area contributed by atoms with Gasteiger partial charge in [0.15, 0.2) is 0 Å². The molecule has 4 nitrogen and oxygen atoms in total. The number of carbonyl (C=O) groups excluding carboxylic acids is 1. The van der Waals surface area contributed by atoms with Gasteiger partial charge in [0.05, 0.1) is 6.61 Å². The van der Waals surface area contributed by atoms with E-state index in [1.807, 2.05) is 0 Å². The van der Waals surface area contributed by atoms with Gasteiger partial charge >= 0.3 is 5.97 Å². The van der Waals surface area contributed by atoms with Crippen LogP contribution in [0.1, 0.15) is 82.3 Å². The highest BCUT2D eigenvalue weighted by Crippen LogP contribution is 2.40. The van der Waals surface area contributed by atoms with Gasteiger partial charge in [0.2, 0.25) is 0 Å². The lowest BCUT2D eigenvalue weighted by molar-refractivity contribution is -0.144. The highest BCUT2D eigenvalue weighted by atomic mass is 16.5. The molecule has 0 fully saturated rings. The summed E-state index contributed by atoms with van der Waals surface area (Å²) in [6.45, 7) is 3.69. The van der Waals surface area contributed by atoms with Crippen molar-refractivity contribution in [1.29, 1.82) is 0 Å². The van der Waals surface area contributed by atoms with Crippen molar-refractivity contribution < 1.29 is 9.53 Å². The first kappa shape index (κ1) is 23.1. The lowest BCUT2D eigenvalue weighted by Crippen LogP contribution is -2.43. The van der Waals surface area contributed by atoms with E-state index in [-0.39, 0.29) is 11.9 Å². The highest BCUT2D eigenvalue weighted by molar-refractivity contribution is 5.98. The number of fused-ring (bicyclic) bond motifs is 2. The predicted molar refractivity (Wildman–Crippen MR) is 133 cm³/mol. The van der Waals surface area contributed by atoms with Crippen LogP contribution in [0.3, 0.4) is 0 Å². The summed E-state index contributed by atoms with van der Waals surface area (Å²) in [6, 6.07) is 6.94. The molecule has 174 valence electrons. The summed E-state index contributed by atoms with van der Waals surface area (Å²) in [7, 11) is 2.20. The predicted octanol–water partition coefficient (Wildman–Crippen LogP) is 6.50. The molecule has 0 saturated heterocycles. The molecule has 4 rings (SSSR count). The number of likely N-dealkylation sites (N-methyl/N-ethyl adjacent to an activating group) is 1. The molecule has 1 N–H and O–H groups in total. The van der Waals surface area contributed by atoms with E-state index >= 15 is 0 Å². The van der Waals surface area contributed by atoms with Gasteiger partial charge in [0.1, 0.15) is 0 Å². The Balaban J connectivity index is 1.23. The van der Waals surface area contributed by atoms with Crippen LogP contribution in [0, 0.1) is 5.92 Å². The molecule has 0 saturated carbocycles. The summed E-state index contributed by atoms with van der Waals surface area (Å²) in [4.78, 5) is 18.1. The Morgan fingerprint density at radius 2 is 1.84 bits per heavy atom. The fourth-order valence-corrected chi connectivity index (χ4v) is 5.51. The second-order valence-corrected chi connectivity index (χ2v) is 9.85. The third-order valence-corrected chi connectivity index (χ3v) is 7.28. The van der Waals surface area contributed by atoms with Gasteiger partial charge in [0.25, 0.3) is 0 Å². The highest BCUT2D eigenvalue weighted by Gasteiger charge is 2.33. The van der Waals surface area contributed by atoms with Crippen LogP contribution in [-0.2, 0) is 16.0 Å². The lowest BCUT2D eigenvalue weighted by atomic mass is 9.80. The number of ether oxygens (including phenoxy) is 1. The number of nitrogens with one attached hydrogen (secondary N) is 1. The zero-order valence-electron chi connectivity index (χ0n) is 20.0. The Kier molecular flexibility index (Phi) is 8.07. The molecule has 0 unspecified atom stereocenters. The Hall–Kier alpha value is -2.07. The number of hydrogen-bond acceptors (Lipinski definition) is 3. The van der Waals surface area contributed by atoms with Crippen molar-refractivity contribution in [2.45, 2.75) is 83.6 Å². The van der Waals surface area contributed by atoms with Crippen LogP contribution in [0.15, 0.2) is 30.5 Å². The monoisotopic (exact) mass is 436 g/mol. The maximum absolute atomic E-state index is 12.3. The van der Waals surface area contributed by atoms with Crippen molar-refractivity contribution in [3.05, 3.63) is 41.6 Å². The quantitative estimate of drug-likeness (QED) is 0.305. The lowest BCUT2D eigenvalue weighted by Gasteiger charge is -2.39. The normalized spacial score (nSPS) is 20.2. The topological polar surface area (TPSA) is 45.3 Å². The fourth-order valence-electron chi connectivity index (χ4n) is 5.51. The molecular weight excluding hydrogens is 396 g/mol. The molecule has 2 aromatic rings. The molecule has 2 atom stereocenters. The number of benzene rings is 1. The summed E-state index contributed by atoms with van der Waals surface area (Å²) in [5, 5.41) is 1.37. The number of unbranched alkanes of at least 4 members (excludes halogenated alkanes) is 8. The van der Waals surface area contributed by atoms with Crippen molar-refractivity contribution in [3.63, 3.8) is 0 Å². The minimum atomic E-state index is -0.0326. The summed E-state index contributed by atoms with van der Waals surface area (Å²) < 4.78 is 5.69. The number of aromatic nitrogens is 1. The average Bonchev–Trinajstić information content (AvgIpc) is 3.21. The zero-order valence-corrected chi connectivity index (χ0v) is 20.0. The van der Waals surface area contributed by atoms with Crippen molar-refractivity contribution in [2.24, 2.45) is 5.92 Å². The van der Waals surface area contributed by atoms with Gasteiger partial charge in [-0.05, 0) is 42.7 Å². The smallest absolute Gasteiger partial charge is 0.305 e. The van der Waals surface area contributed by atoms with E-state index < -0.39 is 0 Å². The first-order valence-electron chi connectivity index (χ1n) is 12.8. The zero-order chi connectivity index (χ0) is 22.3. The Morgan fingerprint density at radius 1 is 1.09 bits per heavy atom. The molecule has 2 heterocycles. The molecule has 1 aromatic carbocycles. The SMILES string of the molecule is CCCCCCCCCCCC(=O)OC[C@@H]1C=C2c3cccc4[nH]cc(c34)C[C@H]2N(C)C1. The van der Waals surface area contributed by atoms with Crippen molar-refractivity contribution in [2.75, 3.05) is 20.2 Å². The van der Waals surface area contributed by atoms with E-state index in [0.29, 0.717) is 19.1 Å². The Labute approximate surface area is 193 Å². The molecule has 1 aromatic heterocycles. The molecule has 0 radical (unpaired) electrons. The molecule has 4 heteroatoms. The van der Waals surface area contributed by atoms with Gasteiger partial charge in [-0.3, -0.25) is 9.69 Å². The average molecular weight is 437 g/mol. The van der Waals surface area contributed by atoms with Gasteiger partial charge in [-0.2, -0.15) is 0 Å². The van der Waals surface area contributed by atoms with Crippen LogP contribution in [0.4, 0.5) is 0 Å². The Morgan fingerprint density at radius 3 is 2.62 bits per heavy atom. The van der Waals surface area contributed by atoms with Gasteiger partial charge in [-0.15, -0.1) is 0 Å². The van der Waals surface area contributed by atoms with Gasteiger partial charge in [-0.1, -0.05) is 76.5 Å². The molecule has 2 aliphatic rings. The van der Waals surface area contributed by atoms with Crippen LogP contribution in [0.5, 0.6) is 0 Å². The Bertz CT molecular complexity index is 929. The molecule has 0 amide bonds. The second-order valence-electron chi connectivity index (χ2n) is 9.85. The summed E-state index contributed by atoms with van der Waals surface area (Å²) >= 11 is 0. The van der Waals surface area contributed by atoms with Crippen molar-refractivity contribution in [1.82, 2.24) is 9.88 Å². The maximum Gasteiger partial charge on any atom is 0.305 e. The molecule has 32 heavy (non-hydrogen) atoms. The minimum absolute atomic E-state index is 0.0326. The standard InChI is InChI=1S/C28H40N2O2/c1-3-4-5-6-7-8-9-10-11-15-27(31)32-20-21-16-24-23-13-12-14-25-28(23)22(18-29-25)17-26(24)30(2)19-21/h12-14,16,18,21,26,29H,3-11,15,17,19-20H2,1-2H3/t21-,26-/m1/s1. The van der Waals surface area contributed by atoms with Crippen LogP contribution in [-0.4, -0.2) is 42.1 Å². The van der Waals surface area contributed by atoms with E-state index in [1.54, 1.807) is 0 Å². The van der Waals surface area contributed by atoms with E-state index in [9.17, 15) is 4.79 Å². The van der Waals surface area contributed by atoms with E-state index in [1.165, 1.54) is 72.5 Å². The molecule has 1 aliphatic heterocycles. The summed E-state index contributed by atoms with van der Waals surface area (Å²) in [6.07, 6.45) is 17.5. The molecule has 0 bridgehead atoms. The third kappa shape index (κ3) is 5.46. The van der Waals surface area contributed by atoms with Crippen LogP contribution < -0.4 is 0 Å². The molecular formula is C28H40N2O2. The molecule has 0 spiro atoms. The van der Waals surface area contributed by atoms with Gasteiger partial charge < -0.3 is 9.72 Å². The van der Waals surface area contributed by atoms with Gasteiger partial charge in [-0.25, -0.2) is 0 Å². The first-order chi connectivity index (χ1) is 15.7. The number of carbonyl (C=O) groups is 1. The van der Waals surface area contributed by atoms with Crippen LogP contribution >= 0.6 is 0 Å². The number of hydrogen-bond donors (Lipinski definition) is 1. The van der Waals surface area contributed by atoms with Crippen LogP contribution in [0.25, 0.3) is 16.5 Å². The largest absolute Gasteiger partial charge is 0.465 e. The molecule has 1 aliphatic carbocycles. The number of aromatic amines is 1. The second kappa shape index (κ2) is 11.2. The first-order valence-corrected chi connectivity index (χ1v) is 12.8. The van der Waals surface area contributed by atoms with Crippen LogP contribution in [0.2, 0.25) is 0 Å².